The molecule has 290 valence electrons. The summed E-state index contributed by atoms with van der Waals surface area (Å²) < 4.78 is 66.9. The number of esters is 1. The number of amides is 3. The van der Waals surface area contributed by atoms with Gasteiger partial charge >= 0.3 is 12.1 Å². The topological polar surface area (TPSA) is 168 Å². The molecule has 2 unspecified atom stereocenters. The lowest BCUT2D eigenvalue weighted by Gasteiger charge is -2.39. The molecule has 0 aliphatic heterocycles. The van der Waals surface area contributed by atoms with Crippen molar-refractivity contribution >= 4 is 34.6 Å². The zero-order valence-corrected chi connectivity index (χ0v) is 30.7. The molecule has 4 N–H and O–H groups in total. The van der Waals surface area contributed by atoms with E-state index in [0.717, 1.165) is 6.07 Å². The average molecular weight is 757 g/mol. The number of aromatic amines is 1. The standard InChI is InChI=1S/C38H44F4N6O6/c1-6-20(4)29(44-28(49)18-22-12-9-10-15-26(22)39)33(50)47-37(17-16-27-24(19-37)23-13-11-14-25(31(23)43-27)38(40,41)42)36(52)45-30(21(5)7-2)34-46-32(48-54-34)35(51)53-8-3/h9-15,20-21,29-30,43H,6-8,16-19H2,1-5H3,(H,44,49)(H,45,52)(H,47,50)/t20-,21?,29-,30?,37-/m0/s1. The minimum atomic E-state index is -4.66. The van der Waals surface area contributed by atoms with Crippen LogP contribution in [0.25, 0.3) is 10.9 Å². The first-order valence-corrected chi connectivity index (χ1v) is 18.0. The zero-order valence-electron chi connectivity index (χ0n) is 30.7. The van der Waals surface area contributed by atoms with E-state index in [2.05, 4.69) is 31.1 Å². The molecule has 54 heavy (non-hydrogen) atoms. The molecule has 16 heteroatoms. The predicted octanol–water partition coefficient (Wildman–Crippen LogP) is 5.91. The van der Waals surface area contributed by atoms with E-state index in [1.807, 2.05) is 20.8 Å². The number of H-pyrrole nitrogens is 1. The molecule has 2 aromatic heterocycles. The molecule has 0 radical (unpaired) electrons. The lowest BCUT2D eigenvalue weighted by molar-refractivity contribution is -0.137. The number of ether oxygens (including phenoxy) is 1. The van der Waals surface area contributed by atoms with Gasteiger partial charge in [-0.1, -0.05) is 70.9 Å². The smallest absolute Gasteiger partial charge is 0.418 e. The number of hydrogen-bond acceptors (Lipinski definition) is 8. The third-order valence-electron chi connectivity index (χ3n) is 10.2. The van der Waals surface area contributed by atoms with Crippen molar-refractivity contribution in [1.29, 1.82) is 0 Å². The number of hydrogen-bond donors (Lipinski definition) is 4. The second-order valence-electron chi connectivity index (χ2n) is 13.8. The number of fused-ring (bicyclic) bond motifs is 3. The summed E-state index contributed by atoms with van der Waals surface area (Å²) in [4.78, 5) is 61.7. The highest BCUT2D eigenvalue weighted by molar-refractivity contribution is 5.97. The van der Waals surface area contributed by atoms with Crippen LogP contribution in [0, 0.1) is 17.7 Å². The lowest BCUT2D eigenvalue weighted by Crippen LogP contribution is -2.65. The van der Waals surface area contributed by atoms with Crippen molar-refractivity contribution in [1.82, 2.24) is 31.1 Å². The Morgan fingerprint density at radius 1 is 1.00 bits per heavy atom. The molecule has 0 saturated heterocycles. The zero-order chi connectivity index (χ0) is 39.4. The van der Waals surface area contributed by atoms with E-state index < -0.39 is 64.8 Å². The Kier molecular flexibility index (Phi) is 12.1. The third-order valence-corrected chi connectivity index (χ3v) is 10.2. The molecule has 0 saturated carbocycles. The molecule has 12 nitrogen and oxygen atoms in total. The first-order chi connectivity index (χ1) is 25.6. The van der Waals surface area contributed by atoms with Crippen molar-refractivity contribution in [2.24, 2.45) is 11.8 Å². The Morgan fingerprint density at radius 3 is 2.39 bits per heavy atom. The number of para-hydroxylation sites is 1. The highest BCUT2D eigenvalue weighted by atomic mass is 19.4. The Bertz CT molecular complexity index is 2010. The van der Waals surface area contributed by atoms with Crippen LogP contribution in [-0.2, 0) is 44.6 Å². The van der Waals surface area contributed by atoms with Gasteiger partial charge in [0.15, 0.2) is 0 Å². The molecule has 0 fully saturated rings. The number of nitrogens with one attached hydrogen (secondary N) is 4. The predicted molar refractivity (Wildman–Crippen MR) is 188 cm³/mol. The molecule has 1 aliphatic rings. The summed E-state index contributed by atoms with van der Waals surface area (Å²) in [6.45, 7) is 8.92. The molecule has 0 spiro atoms. The van der Waals surface area contributed by atoms with Gasteiger partial charge < -0.3 is 30.2 Å². The maximum Gasteiger partial charge on any atom is 0.418 e. The van der Waals surface area contributed by atoms with Crippen LogP contribution in [0.1, 0.15) is 98.8 Å². The summed E-state index contributed by atoms with van der Waals surface area (Å²) in [7, 11) is 0. The number of rotatable bonds is 14. The van der Waals surface area contributed by atoms with Gasteiger partial charge in [0.1, 0.15) is 23.4 Å². The molecule has 2 heterocycles. The highest BCUT2D eigenvalue weighted by Crippen LogP contribution is 2.40. The fraction of sp³-hybridized carbons (Fsp3) is 0.474. The van der Waals surface area contributed by atoms with Gasteiger partial charge in [0.2, 0.25) is 23.6 Å². The average Bonchev–Trinajstić information content (AvgIpc) is 3.78. The molecule has 3 amide bonds. The van der Waals surface area contributed by atoms with Gasteiger partial charge in [-0.25, -0.2) is 9.18 Å². The van der Waals surface area contributed by atoms with E-state index in [9.17, 15) is 36.7 Å². The molecule has 5 atom stereocenters. The monoisotopic (exact) mass is 756 g/mol. The van der Waals surface area contributed by atoms with E-state index in [1.165, 1.54) is 30.3 Å². The number of benzene rings is 2. The van der Waals surface area contributed by atoms with Crippen LogP contribution in [0.5, 0.6) is 0 Å². The number of alkyl halides is 3. The lowest BCUT2D eigenvalue weighted by atomic mass is 9.78. The fourth-order valence-corrected chi connectivity index (χ4v) is 6.72. The Labute approximate surface area is 309 Å². The van der Waals surface area contributed by atoms with E-state index >= 15 is 0 Å². The molecule has 2 aromatic carbocycles. The summed E-state index contributed by atoms with van der Waals surface area (Å²) in [5.74, 6) is -4.62. The van der Waals surface area contributed by atoms with Crippen LogP contribution in [0.2, 0.25) is 0 Å². The van der Waals surface area contributed by atoms with Crippen molar-refractivity contribution in [2.75, 3.05) is 6.61 Å². The third kappa shape index (κ3) is 8.42. The van der Waals surface area contributed by atoms with Crippen LogP contribution < -0.4 is 16.0 Å². The Balaban J connectivity index is 1.53. The van der Waals surface area contributed by atoms with Crippen LogP contribution in [0.4, 0.5) is 17.6 Å². The van der Waals surface area contributed by atoms with Crippen molar-refractivity contribution in [3.8, 4) is 0 Å². The summed E-state index contributed by atoms with van der Waals surface area (Å²) in [6.07, 6.45) is -4.19. The maximum absolute atomic E-state index is 14.7. The second-order valence-corrected chi connectivity index (χ2v) is 13.8. The number of aryl methyl sites for hydroxylation is 1. The van der Waals surface area contributed by atoms with Crippen molar-refractivity contribution in [3.05, 3.63) is 82.4 Å². The summed E-state index contributed by atoms with van der Waals surface area (Å²) in [6, 6.07) is 7.45. The fourth-order valence-electron chi connectivity index (χ4n) is 6.72. The van der Waals surface area contributed by atoms with E-state index in [0.29, 0.717) is 24.1 Å². The van der Waals surface area contributed by atoms with Gasteiger partial charge in [0, 0.05) is 17.5 Å². The number of aromatic nitrogens is 3. The minimum Gasteiger partial charge on any atom is -0.460 e. The van der Waals surface area contributed by atoms with Gasteiger partial charge in [-0.05, 0) is 60.0 Å². The van der Waals surface area contributed by atoms with Crippen LogP contribution >= 0.6 is 0 Å². The van der Waals surface area contributed by atoms with Gasteiger partial charge in [0.05, 0.1) is 24.1 Å². The van der Waals surface area contributed by atoms with Gasteiger partial charge in [0.25, 0.3) is 5.82 Å². The summed E-state index contributed by atoms with van der Waals surface area (Å²) in [5, 5.41) is 12.5. The Hall–Kier alpha value is -5.28. The second kappa shape index (κ2) is 16.4. The van der Waals surface area contributed by atoms with Crippen molar-refractivity contribution < 1.29 is 46.0 Å². The number of carbonyl (C=O) groups is 4. The molecular weight excluding hydrogens is 712 g/mol. The molecule has 5 rings (SSSR count). The number of halogens is 4. The highest BCUT2D eigenvalue weighted by Gasteiger charge is 2.47. The van der Waals surface area contributed by atoms with Crippen molar-refractivity contribution in [2.45, 2.75) is 96.9 Å². The molecule has 1 aliphatic carbocycles. The number of carbonyl (C=O) groups excluding carboxylic acids is 4. The first-order valence-electron chi connectivity index (χ1n) is 18.0. The number of nitrogens with zero attached hydrogens (tertiary/aromatic N) is 2. The summed E-state index contributed by atoms with van der Waals surface area (Å²) in [5.41, 5.74) is -1.70. The molecule has 0 bridgehead atoms. The van der Waals surface area contributed by atoms with Crippen molar-refractivity contribution in [3.63, 3.8) is 0 Å². The quantitative estimate of drug-likeness (QED) is 0.0911. The van der Waals surface area contributed by atoms with Crippen LogP contribution in [0.3, 0.4) is 0 Å². The van der Waals surface area contributed by atoms with Gasteiger partial charge in [-0.15, -0.1) is 0 Å². The van der Waals surface area contributed by atoms with Crippen LogP contribution in [-0.4, -0.2) is 57.0 Å². The first kappa shape index (κ1) is 39.9. The normalized spacial score (nSPS) is 17.9. The SMILES string of the molecule is CCOC(=O)c1noc(C(NC(=O)[C@]2(NC(=O)[C@@H](NC(=O)Cc3ccccc3F)[C@@H](C)CC)CCc3[nH]c4c(C(F)(F)F)cccc4c3C2)C(C)CC)n1. The van der Waals surface area contributed by atoms with E-state index in [-0.39, 0.29) is 66.4 Å². The largest absolute Gasteiger partial charge is 0.460 e. The van der Waals surface area contributed by atoms with Gasteiger partial charge in [-0.2, -0.15) is 18.2 Å². The summed E-state index contributed by atoms with van der Waals surface area (Å²) >= 11 is 0. The molecular formula is C38H44F4N6O6. The van der Waals surface area contributed by atoms with Gasteiger partial charge in [-0.3, -0.25) is 14.4 Å². The van der Waals surface area contributed by atoms with E-state index in [1.54, 1.807) is 19.9 Å². The minimum absolute atomic E-state index is 0.0344. The van der Waals surface area contributed by atoms with Crippen LogP contribution in [0.15, 0.2) is 47.0 Å². The van der Waals surface area contributed by atoms with E-state index in [4.69, 9.17) is 9.26 Å². The Morgan fingerprint density at radius 2 is 1.72 bits per heavy atom. The molecule has 4 aromatic rings. The maximum atomic E-state index is 14.7.